The maximum Gasteiger partial charge on any atom is 0.308 e. The van der Waals surface area contributed by atoms with Gasteiger partial charge in [-0.25, -0.2) is 0 Å². The Labute approximate surface area is 132 Å². The molecule has 0 aliphatic carbocycles. The van der Waals surface area contributed by atoms with Crippen LogP contribution in [0.15, 0.2) is 30.5 Å². The Hall–Kier alpha value is -2.34. The van der Waals surface area contributed by atoms with Gasteiger partial charge in [0.2, 0.25) is 0 Å². The van der Waals surface area contributed by atoms with Crippen molar-refractivity contribution in [3.8, 4) is 11.3 Å². The Kier molecular flexibility index (Phi) is 4.82. The molecule has 1 aromatic carbocycles. The molecule has 0 saturated heterocycles. The summed E-state index contributed by atoms with van der Waals surface area (Å²) in [5.41, 5.74) is 1.47. The molecule has 0 aliphatic heterocycles. The van der Waals surface area contributed by atoms with Crippen molar-refractivity contribution in [1.82, 2.24) is 15.1 Å². The molecule has 1 heterocycles. The molecule has 22 heavy (non-hydrogen) atoms. The summed E-state index contributed by atoms with van der Waals surface area (Å²) in [7, 11) is 1.71. The number of carbonyl (C=O) groups excluding carboxylic acids is 1. The summed E-state index contributed by atoms with van der Waals surface area (Å²) < 4.78 is 1.52. The first-order valence-corrected chi connectivity index (χ1v) is 7.07. The molecule has 0 radical (unpaired) electrons. The first kappa shape index (κ1) is 16.0. The number of carboxylic acid groups (broad SMARTS) is 1. The molecule has 0 aliphatic rings. The molecule has 1 amide bonds. The Balaban J connectivity index is 2.27. The molecule has 6 nitrogen and oxygen atoms in total. The summed E-state index contributed by atoms with van der Waals surface area (Å²) in [5, 5.41) is 16.2. The van der Waals surface area contributed by atoms with E-state index in [9.17, 15) is 9.59 Å². The van der Waals surface area contributed by atoms with E-state index in [1.807, 2.05) is 6.07 Å². The fourth-order valence-corrected chi connectivity index (χ4v) is 2.16. The van der Waals surface area contributed by atoms with Gasteiger partial charge in [0.1, 0.15) is 5.69 Å². The van der Waals surface area contributed by atoms with Crippen molar-refractivity contribution in [2.75, 3.05) is 6.54 Å². The third-order valence-corrected chi connectivity index (χ3v) is 3.52. The lowest BCUT2D eigenvalue weighted by molar-refractivity contribution is -0.140. The Morgan fingerprint density at radius 3 is 2.73 bits per heavy atom. The van der Waals surface area contributed by atoms with Crippen LogP contribution in [0, 0.1) is 5.92 Å². The lowest BCUT2D eigenvalue weighted by Gasteiger charge is -2.08. The van der Waals surface area contributed by atoms with Crippen LogP contribution in [0.3, 0.4) is 0 Å². The van der Waals surface area contributed by atoms with Crippen molar-refractivity contribution in [2.24, 2.45) is 13.0 Å². The number of aryl methyl sites for hydroxylation is 1. The molecule has 2 aromatic rings. The number of nitrogens with one attached hydrogen (secondary N) is 1. The zero-order valence-electron chi connectivity index (χ0n) is 12.2. The van der Waals surface area contributed by atoms with Gasteiger partial charge < -0.3 is 10.4 Å². The standard InChI is InChI=1S/C15H16ClN3O3/c1-9(15(21)22)7-17-14(20)11-8-19(2)18-13(11)10-5-3-4-6-12(10)16/h3-6,8-9H,7H2,1-2H3,(H,17,20)(H,21,22). The summed E-state index contributed by atoms with van der Waals surface area (Å²) in [5.74, 6) is -2.00. The summed E-state index contributed by atoms with van der Waals surface area (Å²) in [6.45, 7) is 1.58. The minimum atomic E-state index is -0.960. The number of rotatable bonds is 5. The summed E-state index contributed by atoms with van der Waals surface area (Å²) in [6.07, 6.45) is 1.58. The van der Waals surface area contributed by atoms with Crippen LogP contribution < -0.4 is 5.32 Å². The first-order valence-electron chi connectivity index (χ1n) is 6.69. The fraction of sp³-hybridized carbons (Fsp3) is 0.267. The van der Waals surface area contributed by atoms with E-state index in [4.69, 9.17) is 16.7 Å². The van der Waals surface area contributed by atoms with Crippen molar-refractivity contribution in [2.45, 2.75) is 6.92 Å². The molecule has 116 valence electrons. The lowest BCUT2D eigenvalue weighted by Crippen LogP contribution is -2.31. The van der Waals surface area contributed by atoms with Crippen molar-refractivity contribution in [3.63, 3.8) is 0 Å². The highest BCUT2D eigenvalue weighted by molar-refractivity contribution is 6.33. The van der Waals surface area contributed by atoms with E-state index in [1.54, 1.807) is 31.4 Å². The largest absolute Gasteiger partial charge is 0.481 e. The van der Waals surface area contributed by atoms with Crippen LogP contribution in [-0.4, -0.2) is 33.3 Å². The van der Waals surface area contributed by atoms with Crippen LogP contribution in [0.1, 0.15) is 17.3 Å². The van der Waals surface area contributed by atoms with Crippen molar-refractivity contribution >= 4 is 23.5 Å². The number of hydrogen-bond donors (Lipinski definition) is 2. The molecular weight excluding hydrogens is 306 g/mol. The number of aliphatic carboxylic acids is 1. The van der Waals surface area contributed by atoms with E-state index >= 15 is 0 Å². The van der Waals surface area contributed by atoms with E-state index in [1.165, 1.54) is 11.6 Å². The van der Waals surface area contributed by atoms with Crippen LogP contribution in [0.25, 0.3) is 11.3 Å². The second-order valence-corrected chi connectivity index (χ2v) is 5.40. The Morgan fingerprint density at radius 2 is 2.09 bits per heavy atom. The minimum absolute atomic E-state index is 0.0466. The lowest BCUT2D eigenvalue weighted by atomic mass is 10.1. The van der Waals surface area contributed by atoms with Gasteiger partial charge >= 0.3 is 5.97 Å². The number of amides is 1. The van der Waals surface area contributed by atoms with E-state index in [2.05, 4.69) is 10.4 Å². The Bertz CT molecular complexity index is 712. The van der Waals surface area contributed by atoms with Gasteiger partial charge in [0.25, 0.3) is 5.91 Å². The molecule has 1 atom stereocenters. The summed E-state index contributed by atoms with van der Waals surface area (Å²) >= 11 is 6.16. The molecule has 0 bridgehead atoms. The van der Waals surface area contributed by atoms with Gasteiger partial charge in [-0.15, -0.1) is 0 Å². The van der Waals surface area contributed by atoms with Gasteiger partial charge in [-0.1, -0.05) is 36.7 Å². The predicted octanol–water partition coefficient (Wildman–Crippen LogP) is 2.19. The molecule has 0 fully saturated rings. The molecule has 2 N–H and O–H groups in total. The third kappa shape index (κ3) is 3.46. The summed E-state index contributed by atoms with van der Waals surface area (Å²) in [6, 6.07) is 7.11. The molecule has 2 rings (SSSR count). The second-order valence-electron chi connectivity index (χ2n) is 4.99. The average molecular weight is 322 g/mol. The van der Waals surface area contributed by atoms with Gasteiger partial charge in [-0.05, 0) is 6.07 Å². The maximum absolute atomic E-state index is 12.3. The minimum Gasteiger partial charge on any atom is -0.481 e. The molecule has 1 unspecified atom stereocenters. The van der Waals surface area contributed by atoms with Gasteiger partial charge in [0.05, 0.1) is 16.5 Å². The number of hydrogen-bond acceptors (Lipinski definition) is 3. The van der Waals surface area contributed by atoms with Crippen LogP contribution in [0.4, 0.5) is 0 Å². The second kappa shape index (κ2) is 6.62. The zero-order valence-corrected chi connectivity index (χ0v) is 13.0. The highest BCUT2D eigenvalue weighted by Gasteiger charge is 2.20. The molecular formula is C15H16ClN3O3. The number of carboxylic acids is 1. The van der Waals surface area contributed by atoms with E-state index in [0.717, 1.165) is 0 Å². The number of nitrogens with zero attached hydrogens (tertiary/aromatic N) is 2. The Morgan fingerprint density at radius 1 is 1.41 bits per heavy atom. The van der Waals surface area contributed by atoms with Crippen molar-refractivity contribution in [3.05, 3.63) is 41.0 Å². The monoisotopic (exact) mass is 321 g/mol. The van der Waals surface area contributed by atoms with Crippen LogP contribution in [-0.2, 0) is 11.8 Å². The molecule has 0 saturated carbocycles. The van der Waals surface area contributed by atoms with Gasteiger partial charge in [0, 0.05) is 25.4 Å². The fourth-order valence-electron chi connectivity index (χ4n) is 1.94. The van der Waals surface area contributed by atoms with Gasteiger partial charge in [0.15, 0.2) is 0 Å². The number of carbonyl (C=O) groups is 2. The smallest absolute Gasteiger partial charge is 0.308 e. The van der Waals surface area contributed by atoms with E-state index in [-0.39, 0.29) is 12.5 Å². The molecule has 1 aromatic heterocycles. The van der Waals surface area contributed by atoms with Gasteiger partial charge in [-0.2, -0.15) is 5.10 Å². The number of benzene rings is 1. The normalized spacial score (nSPS) is 12.0. The quantitative estimate of drug-likeness (QED) is 0.884. The highest BCUT2D eigenvalue weighted by atomic mass is 35.5. The van der Waals surface area contributed by atoms with E-state index in [0.29, 0.717) is 21.8 Å². The number of halogens is 1. The predicted molar refractivity (Wildman–Crippen MR) is 82.8 cm³/mol. The first-order chi connectivity index (χ1) is 10.4. The zero-order chi connectivity index (χ0) is 16.3. The molecule has 7 heteroatoms. The van der Waals surface area contributed by atoms with Crippen LogP contribution >= 0.6 is 11.6 Å². The van der Waals surface area contributed by atoms with Crippen molar-refractivity contribution < 1.29 is 14.7 Å². The van der Waals surface area contributed by atoms with Gasteiger partial charge in [-0.3, -0.25) is 14.3 Å². The SMILES string of the molecule is CC(CNC(=O)c1cn(C)nc1-c1ccccc1Cl)C(=O)O. The summed E-state index contributed by atoms with van der Waals surface area (Å²) in [4.78, 5) is 23.1. The third-order valence-electron chi connectivity index (χ3n) is 3.19. The number of aromatic nitrogens is 2. The highest BCUT2D eigenvalue weighted by Crippen LogP contribution is 2.28. The van der Waals surface area contributed by atoms with Crippen molar-refractivity contribution in [1.29, 1.82) is 0 Å². The van der Waals surface area contributed by atoms with E-state index < -0.39 is 11.9 Å². The topological polar surface area (TPSA) is 84.2 Å². The average Bonchev–Trinajstić information content (AvgIpc) is 2.86. The molecule has 0 spiro atoms. The maximum atomic E-state index is 12.3. The van der Waals surface area contributed by atoms with Crippen LogP contribution in [0.5, 0.6) is 0 Å². The van der Waals surface area contributed by atoms with Crippen LogP contribution in [0.2, 0.25) is 5.02 Å².